The van der Waals surface area contributed by atoms with E-state index in [1.807, 2.05) is 12.3 Å². The van der Waals surface area contributed by atoms with Crippen LogP contribution in [0.3, 0.4) is 0 Å². The fourth-order valence-corrected chi connectivity index (χ4v) is 5.56. The van der Waals surface area contributed by atoms with Gasteiger partial charge in [-0.25, -0.2) is 13.4 Å². The largest absolute Gasteiger partial charge is 0.346 e. The van der Waals surface area contributed by atoms with Crippen molar-refractivity contribution < 1.29 is 13.2 Å². The second-order valence-electron chi connectivity index (χ2n) is 6.18. The molecule has 9 heteroatoms. The number of hydrogen-bond acceptors (Lipinski definition) is 5. The molecule has 0 unspecified atom stereocenters. The summed E-state index contributed by atoms with van der Waals surface area (Å²) in [6, 6.07) is 4.34. The molecule has 140 valence electrons. The predicted molar refractivity (Wildman–Crippen MR) is 102 cm³/mol. The highest BCUT2D eigenvalue weighted by Crippen LogP contribution is 2.28. The fraction of sp³-hybridized carbons (Fsp3) is 0.412. The van der Waals surface area contributed by atoms with Crippen molar-refractivity contribution in [1.82, 2.24) is 14.6 Å². The number of thiazole rings is 1. The lowest BCUT2D eigenvalue weighted by molar-refractivity contribution is 0.0950. The molecule has 26 heavy (non-hydrogen) atoms. The van der Waals surface area contributed by atoms with E-state index in [2.05, 4.69) is 10.3 Å². The summed E-state index contributed by atoms with van der Waals surface area (Å²) in [6.45, 7) is 3.16. The third-order valence-electron chi connectivity index (χ3n) is 4.19. The molecule has 1 aliphatic rings. The van der Waals surface area contributed by atoms with Gasteiger partial charge in [0.25, 0.3) is 5.91 Å². The van der Waals surface area contributed by atoms with Crippen molar-refractivity contribution in [2.24, 2.45) is 0 Å². The molecule has 0 spiro atoms. The minimum Gasteiger partial charge on any atom is -0.346 e. The molecule has 6 nitrogen and oxygen atoms in total. The normalized spacial score (nSPS) is 15.8. The molecule has 0 atom stereocenters. The highest BCUT2D eigenvalue weighted by molar-refractivity contribution is 7.89. The summed E-state index contributed by atoms with van der Waals surface area (Å²) in [4.78, 5) is 16.7. The van der Waals surface area contributed by atoms with Crippen LogP contribution in [0.4, 0.5) is 0 Å². The molecule has 1 aromatic heterocycles. The van der Waals surface area contributed by atoms with Crippen LogP contribution in [-0.4, -0.2) is 36.7 Å². The third kappa shape index (κ3) is 4.25. The van der Waals surface area contributed by atoms with Gasteiger partial charge in [-0.1, -0.05) is 18.0 Å². The zero-order valence-electron chi connectivity index (χ0n) is 14.4. The summed E-state index contributed by atoms with van der Waals surface area (Å²) in [5, 5.41) is 5.60. The van der Waals surface area contributed by atoms with Crippen molar-refractivity contribution in [3.63, 3.8) is 0 Å². The minimum atomic E-state index is -3.70. The number of nitrogens with one attached hydrogen (secondary N) is 1. The average Bonchev–Trinajstić information content (AvgIpc) is 3.06. The number of piperidine rings is 1. The van der Waals surface area contributed by atoms with E-state index in [0.717, 1.165) is 30.0 Å². The van der Waals surface area contributed by atoms with Crippen LogP contribution in [-0.2, 0) is 16.6 Å². The zero-order chi connectivity index (χ0) is 18.7. The summed E-state index contributed by atoms with van der Waals surface area (Å²) in [6.07, 6.45) is 2.70. The van der Waals surface area contributed by atoms with Crippen molar-refractivity contribution in [1.29, 1.82) is 0 Å². The van der Waals surface area contributed by atoms with Crippen molar-refractivity contribution in [2.45, 2.75) is 37.6 Å². The highest BCUT2D eigenvalue weighted by atomic mass is 35.5. The monoisotopic (exact) mass is 413 g/mol. The Hall–Kier alpha value is -1.48. The minimum absolute atomic E-state index is 0.0150. The van der Waals surface area contributed by atoms with Gasteiger partial charge in [-0.2, -0.15) is 4.31 Å². The van der Waals surface area contributed by atoms with Crippen LogP contribution in [0.2, 0.25) is 5.02 Å². The number of sulfonamides is 1. The molecular formula is C17H20ClN3O3S2. The number of benzene rings is 1. The highest BCUT2D eigenvalue weighted by Gasteiger charge is 2.28. The van der Waals surface area contributed by atoms with Crippen LogP contribution in [0, 0.1) is 6.92 Å². The topological polar surface area (TPSA) is 79.4 Å². The average molecular weight is 414 g/mol. The van der Waals surface area contributed by atoms with Crippen molar-refractivity contribution in [3.05, 3.63) is 44.9 Å². The molecule has 0 radical (unpaired) electrons. The number of aromatic nitrogens is 1. The number of halogens is 1. The van der Waals surface area contributed by atoms with Gasteiger partial charge in [-0.15, -0.1) is 11.3 Å². The number of hydrogen-bond donors (Lipinski definition) is 1. The van der Waals surface area contributed by atoms with Crippen LogP contribution >= 0.6 is 22.9 Å². The van der Waals surface area contributed by atoms with Crippen LogP contribution in [0.1, 0.15) is 40.3 Å². The van der Waals surface area contributed by atoms with Crippen LogP contribution < -0.4 is 5.32 Å². The molecule has 1 aromatic carbocycles. The van der Waals surface area contributed by atoms with Crippen molar-refractivity contribution in [2.75, 3.05) is 13.1 Å². The SMILES string of the molecule is Cc1csc(CNC(=O)c2ccc(Cl)c(S(=O)(=O)N3CCCCC3)c2)n1. The second-order valence-corrected chi connectivity index (χ2v) is 9.43. The van der Waals surface area contributed by atoms with Crippen molar-refractivity contribution in [3.8, 4) is 0 Å². The van der Waals surface area contributed by atoms with Gasteiger partial charge < -0.3 is 5.32 Å². The van der Waals surface area contributed by atoms with Crippen LogP contribution in [0.15, 0.2) is 28.5 Å². The maximum absolute atomic E-state index is 12.9. The lowest BCUT2D eigenvalue weighted by Gasteiger charge is -2.26. The van der Waals surface area contributed by atoms with Gasteiger partial charge in [0.15, 0.2) is 0 Å². The van der Waals surface area contributed by atoms with E-state index in [0.29, 0.717) is 19.6 Å². The van der Waals surface area contributed by atoms with Gasteiger partial charge in [0.05, 0.1) is 11.6 Å². The zero-order valence-corrected chi connectivity index (χ0v) is 16.8. The van der Waals surface area contributed by atoms with E-state index < -0.39 is 10.0 Å². The summed E-state index contributed by atoms with van der Waals surface area (Å²) in [5.41, 5.74) is 1.17. The Balaban J connectivity index is 1.79. The molecule has 0 aliphatic carbocycles. The van der Waals surface area contributed by atoms with Gasteiger partial charge in [-0.3, -0.25) is 4.79 Å². The first-order valence-electron chi connectivity index (χ1n) is 8.37. The Bertz CT molecular complexity index is 906. The molecule has 2 aromatic rings. The van der Waals surface area contributed by atoms with E-state index in [1.54, 1.807) is 0 Å². The van der Waals surface area contributed by atoms with E-state index >= 15 is 0 Å². The fourth-order valence-electron chi connectivity index (χ4n) is 2.83. The Labute approximate surface area is 162 Å². The molecule has 1 saturated heterocycles. The lowest BCUT2D eigenvalue weighted by Crippen LogP contribution is -2.36. The number of rotatable bonds is 5. The van der Waals surface area contributed by atoms with Crippen LogP contribution in [0.25, 0.3) is 0 Å². The molecule has 0 bridgehead atoms. The Kier molecular flexibility index (Phi) is 5.96. The smallest absolute Gasteiger partial charge is 0.251 e. The molecule has 3 rings (SSSR count). The first-order valence-corrected chi connectivity index (χ1v) is 11.1. The Morgan fingerprint density at radius 1 is 1.31 bits per heavy atom. The number of nitrogens with zero attached hydrogens (tertiary/aromatic N) is 2. The maximum Gasteiger partial charge on any atom is 0.251 e. The van der Waals surface area contributed by atoms with Gasteiger partial charge in [0.2, 0.25) is 10.0 Å². The van der Waals surface area contributed by atoms with Crippen molar-refractivity contribution >= 4 is 38.9 Å². The number of carbonyl (C=O) groups is 1. The summed E-state index contributed by atoms with van der Waals surface area (Å²) >= 11 is 7.60. The van der Waals surface area contributed by atoms with Gasteiger partial charge in [-0.05, 0) is 38.0 Å². The molecular weight excluding hydrogens is 394 g/mol. The number of carbonyl (C=O) groups excluding carboxylic acids is 1. The van der Waals surface area contributed by atoms with Crippen LogP contribution in [0.5, 0.6) is 0 Å². The maximum atomic E-state index is 12.9. The first kappa shape index (κ1) is 19.3. The summed E-state index contributed by atoms with van der Waals surface area (Å²) in [5.74, 6) is -0.357. The molecule has 0 saturated carbocycles. The lowest BCUT2D eigenvalue weighted by atomic mass is 10.2. The van der Waals surface area contributed by atoms with E-state index in [4.69, 9.17) is 11.6 Å². The molecule has 1 amide bonds. The third-order valence-corrected chi connectivity index (χ3v) is 7.54. The quantitative estimate of drug-likeness (QED) is 0.816. The molecule has 1 N–H and O–H groups in total. The van der Waals surface area contributed by atoms with Gasteiger partial charge >= 0.3 is 0 Å². The second kappa shape index (κ2) is 8.04. The molecule has 1 aliphatic heterocycles. The van der Waals surface area contributed by atoms with E-state index in [1.165, 1.54) is 33.8 Å². The van der Waals surface area contributed by atoms with E-state index in [9.17, 15) is 13.2 Å². The number of amides is 1. The van der Waals surface area contributed by atoms with Gasteiger partial charge in [0.1, 0.15) is 9.90 Å². The predicted octanol–water partition coefficient (Wildman–Crippen LogP) is 3.21. The standard InChI is InChI=1S/C17H20ClN3O3S2/c1-12-11-25-16(20-12)10-19-17(22)13-5-6-14(18)15(9-13)26(23,24)21-7-3-2-4-8-21/h5-6,9,11H,2-4,7-8,10H2,1H3,(H,19,22). The van der Waals surface area contributed by atoms with E-state index in [-0.39, 0.29) is 21.4 Å². The Morgan fingerprint density at radius 2 is 2.04 bits per heavy atom. The molecule has 2 heterocycles. The summed E-state index contributed by atoms with van der Waals surface area (Å²) in [7, 11) is -3.70. The number of aryl methyl sites for hydroxylation is 1. The Morgan fingerprint density at radius 3 is 2.69 bits per heavy atom. The first-order chi connectivity index (χ1) is 12.4. The summed E-state index contributed by atoms with van der Waals surface area (Å²) < 4.78 is 27.2. The molecule has 1 fully saturated rings. The van der Waals surface area contributed by atoms with Gasteiger partial charge in [0, 0.05) is 29.7 Å².